The second kappa shape index (κ2) is 10.1. The van der Waals surface area contributed by atoms with E-state index in [1.807, 2.05) is 42.5 Å². The zero-order valence-electron chi connectivity index (χ0n) is 18.2. The predicted octanol–water partition coefficient (Wildman–Crippen LogP) is 6.32. The molecule has 9 heteroatoms. The van der Waals surface area contributed by atoms with Gasteiger partial charge in [-0.25, -0.2) is 4.79 Å². The van der Waals surface area contributed by atoms with Crippen molar-refractivity contribution in [2.24, 2.45) is 0 Å². The molecule has 4 rings (SSSR count). The van der Waals surface area contributed by atoms with Crippen LogP contribution >= 0.6 is 35.0 Å². The van der Waals surface area contributed by atoms with E-state index in [9.17, 15) is 14.4 Å². The number of methoxy groups -OCH3 is 1. The quantitative estimate of drug-likeness (QED) is 0.282. The molecule has 3 aromatic rings. The maximum absolute atomic E-state index is 12.7. The molecule has 1 heterocycles. The molecule has 1 fully saturated rings. The van der Waals surface area contributed by atoms with Crippen LogP contribution in [0.2, 0.25) is 10.0 Å². The number of esters is 1. The third-order valence-electron chi connectivity index (χ3n) is 5.27. The molecule has 6 nitrogen and oxygen atoms in total. The molecule has 0 aliphatic carbocycles. The number of carbonyl (C=O) groups excluding carboxylic acids is 3. The van der Waals surface area contributed by atoms with Crippen molar-refractivity contribution in [2.75, 3.05) is 7.11 Å². The van der Waals surface area contributed by atoms with Gasteiger partial charge in [-0.05, 0) is 64.9 Å². The van der Waals surface area contributed by atoms with Crippen molar-refractivity contribution in [2.45, 2.75) is 19.6 Å². The van der Waals surface area contributed by atoms with Crippen LogP contribution in [-0.4, -0.2) is 35.2 Å². The smallest absolute Gasteiger partial charge is 0.328 e. The topological polar surface area (TPSA) is 72.9 Å². The van der Waals surface area contributed by atoms with Crippen molar-refractivity contribution < 1.29 is 23.9 Å². The number of thioether (sulfide) groups is 1. The molecule has 0 bridgehead atoms. The minimum atomic E-state index is -1.03. The highest BCUT2D eigenvalue weighted by Crippen LogP contribution is 2.38. The van der Waals surface area contributed by atoms with Gasteiger partial charge in [0, 0.05) is 0 Å². The van der Waals surface area contributed by atoms with Crippen LogP contribution in [0.4, 0.5) is 4.79 Å². The Morgan fingerprint density at radius 2 is 1.74 bits per heavy atom. The van der Waals surface area contributed by atoms with Gasteiger partial charge < -0.3 is 9.47 Å². The highest BCUT2D eigenvalue weighted by Gasteiger charge is 2.41. The van der Waals surface area contributed by atoms with Gasteiger partial charge in [-0.15, -0.1) is 0 Å². The number of amides is 2. The summed E-state index contributed by atoms with van der Waals surface area (Å²) in [5.74, 6) is -0.944. The summed E-state index contributed by atoms with van der Waals surface area (Å²) in [5.41, 5.74) is 1.48. The lowest BCUT2D eigenvalue weighted by molar-refractivity contribution is -0.148. The van der Waals surface area contributed by atoms with Gasteiger partial charge >= 0.3 is 5.97 Å². The molecule has 2 amide bonds. The summed E-state index contributed by atoms with van der Waals surface area (Å²) in [5, 5.41) is 2.22. The standard InChI is InChI=1S/C25H19Cl2NO5S/c1-14(24(30)32-2)28-23(29)21(34-25(28)31)12-16-10-19(26)22(20(27)11-16)33-13-15-7-8-17-5-3-4-6-18(17)9-15/h3-12,14H,13H2,1-2H3/b21-12+/t14-/m1/s1. The maximum Gasteiger partial charge on any atom is 0.328 e. The number of hydrogen-bond acceptors (Lipinski definition) is 6. The number of hydrogen-bond donors (Lipinski definition) is 0. The molecule has 0 saturated carbocycles. The Kier molecular flexibility index (Phi) is 7.16. The Bertz CT molecular complexity index is 1320. The first-order valence-electron chi connectivity index (χ1n) is 10.2. The van der Waals surface area contributed by atoms with Crippen molar-refractivity contribution in [3.05, 3.63) is 80.7 Å². The summed E-state index contributed by atoms with van der Waals surface area (Å²) < 4.78 is 10.5. The van der Waals surface area contributed by atoms with E-state index in [4.69, 9.17) is 27.9 Å². The van der Waals surface area contributed by atoms with E-state index in [-0.39, 0.29) is 21.6 Å². The number of imide groups is 1. The van der Waals surface area contributed by atoms with E-state index >= 15 is 0 Å². The number of rotatable bonds is 6. The van der Waals surface area contributed by atoms with Gasteiger partial charge in [-0.2, -0.15) is 0 Å². The molecule has 0 spiro atoms. The fraction of sp³-hybridized carbons (Fsp3) is 0.160. The van der Waals surface area contributed by atoms with Gasteiger partial charge in [-0.1, -0.05) is 59.6 Å². The predicted molar refractivity (Wildman–Crippen MR) is 134 cm³/mol. The number of nitrogens with zero attached hydrogens (tertiary/aromatic N) is 1. The summed E-state index contributed by atoms with van der Waals surface area (Å²) >= 11 is 13.6. The van der Waals surface area contributed by atoms with Crippen LogP contribution in [0.5, 0.6) is 5.75 Å². The van der Waals surface area contributed by atoms with Crippen LogP contribution in [0.3, 0.4) is 0 Å². The molecule has 1 atom stereocenters. The molecule has 1 saturated heterocycles. The second-order valence-corrected chi connectivity index (χ2v) is 9.34. The van der Waals surface area contributed by atoms with Crippen LogP contribution in [0, 0.1) is 0 Å². The van der Waals surface area contributed by atoms with Crippen molar-refractivity contribution >= 4 is 68.9 Å². The van der Waals surface area contributed by atoms with E-state index in [2.05, 4.69) is 4.74 Å². The molecule has 174 valence electrons. The minimum absolute atomic E-state index is 0.151. The van der Waals surface area contributed by atoms with E-state index in [1.54, 1.807) is 12.1 Å². The highest BCUT2D eigenvalue weighted by atomic mass is 35.5. The van der Waals surface area contributed by atoms with Crippen molar-refractivity contribution in [1.29, 1.82) is 0 Å². The summed E-state index contributed by atoms with van der Waals surface area (Å²) in [4.78, 5) is 37.8. The summed E-state index contributed by atoms with van der Waals surface area (Å²) in [6, 6.07) is 16.2. The van der Waals surface area contributed by atoms with Crippen molar-refractivity contribution in [3.63, 3.8) is 0 Å². The van der Waals surface area contributed by atoms with Crippen LogP contribution in [0.1, 0.15) is 18.1 Å². The summed E-state index contributed by atoms with van der Waals surface area (Å²) in [7, 11) is 1.20. The van der Waals surface area contributed by atoms with E-state index < -0.39 is 23.2 Å². The van der Waals surface area contributed by atoms with Crippen molar-refractivity contribution in [3.8, 4) is 5.75 Å². The average molecular weight is 516 g/mol. The fourth-order valence-corrected chi connectivity index (χ4v) is 5.05. The Balaban J connectivity index is 1.52. The zero-order chi connectivity index (χ0) is 24.4. The Labute approximate surface area is 210 Å². The maximum atomic E-state index is 12.7. The lowest BCUT2D eigenvalue weighted by Crippen LogP contribution is -2.42. The average Bonchev–Trinajstić information content (AvgIpc) is 3.09. The Morgan fingerprint density at radius 3 is 2.41 bits per heavy atom. The zero-order valence-corrected chi connectivity index (χ0v) is 20.5. The van der Waals surface area contributed by atoms with Crippen LogP contribution in [0.25, 0.3) is 16.8 Å². The second-order valence-electron chi connectivity index (χ2n) is 7.53. The van der Waals surface area contributed by atoms with Gasteiger partial charge in [-0.3, -0.25) is 14.5 Å². The number of benzene rings is 3. The Hall–Kier alpha value is -3.00. The van der Waals surface area contributed by atoms with Crippen LogP contribution in [0.15, 0.2) is 59.5 Å². The molecule has 0 N–H and O–H groups in total. The molecule has 0 unspecified atom stereocenters. The molecule has 1 aliphatic rings. The largest absolute Gasteiger partial charge is 0.486 e. The first-order valence-corrected chi connectivity index (χ1v) is 11.8. The lowest BCUT2D eigenvalue weighted by Gasteiger charge is -2.18. The molecular formula is C25H19Cl2NO5S. The first kappa shape index (κ1) is 24.1. The third-order valence-corrected chi connectivity index (χ3v) is 6.71. The normalized spacial score (nSPS) is 15.8. The van der Waals surface area contributed by atoms with E-state index in [1.165, 1.54) is 20.1 Å². The fourth-order valence-electron chi connectivity index (χ4n) is 3.53. The number of fused-ring (bicyclic) bond motifs is 1. The molecule has 34 heavy (non-hydrogen) atoms. The van der Waals surface area contributed by atoms with E-state index in [0.717, 1.165) is 33.0 Å². The molecule has 3 aromatic carbocycles. The van der Waals surface area contributed by atoms with Crippen LogP contribution in [-0.2, 0) is 20.9 Å². The third kappa shape index (κ3) is 4.92. The molecular weight excluding hydrogens is 497 g/mol. The van der Waals surface area contributed by atoms with E-state index in [0.29, 0.717) is 11.3 Å². The Morgan fingerprint density at radius 1 is 1.06 bits per heavy atom. The van der Waals surface area contributed by atoms with Gasteiger partial charge in [0.1, 0.15) is 12.6 Å². The summed E-state index contributed by atoms with van der Waals surface area (Å²) in [6.45, 7) is 1.70. The van der Waals surface area contributed by atoms with Gasteiger partial charge in [0.2, 0.25) is 0 Å². The molecule has 0 aromatic heterocycles. The highest BCUT2D eigenvalue weighted by molar-refractivity contribution is 8.18. The summed E-state index contributed by atoms with van der Waals surface area (Å²) in [6.07, 6.45) is 1.50. The number of carbonyl (C=O) groups is 3. The molecule has 0 radical (unpaired) electrons. The van der Waals surface area contributed by atoms with Crippen molar-refractivity contribution in [1.82, 2.24) is 4.90 Å². The lowest BCUT2D eigenvalue weighted by atomic mass is 10.1. The van der Waals surface area contributed by atoms with Gasteiger partial charge in [0.15, 0.2) is 5.75 Å². The monoisotopic (exact) mass is 515 g/mol. The van der Waals surface area contributed by atoms with Gasteiger partial charge in [0.25, 0.3) is 11.1 Å². The number of ether oxygens (including phenoxy) is 2. The van der Waals surface area contributed by atoms with Gasteiger partial charge in [0.05, 0.1) is 22.1 Å². The minimum Gasteiger partial charge on any atom is -0.486 e. The number of halogens is 2. The molecule has 1 aliphatic heterocycles. The SMILES string of the molecule is COC(=O)[C@@H](C)N1C(=O)S/C(=C/c2cc(Cl)c(OCc3ccc4ccccc4c3)c(Cl)c2)C1=O. The first-order chi connectivity index (χ1) is 16.3. The van der Waals surface area contributed by atoms with Crippen LogP contribution < -0.4 is 4.74 Å².